The highest BCUT2D eigenvalue weighted by atomic mass is 16.2. The third-order valence-corrected chi connectivity index (χ3v) is 5.47. The Balaban J connectivity index is 1.47. The SMILES string of the molecule is CN(C)CC(=O)NC1CCN2C(=O)C(Cc3c[nH]c4ccccc34)NC(=O)C12. The fourth-order valence-electron chi connectivity index (χ4n) is 4.23. The van der Waals surface area contributed by atoms with Crippen LogP contribution in [0.5, 0.6) is 0 Å². The van der Waals surface area contributed by atoms with Crippen LogP contribution in [-0.2, 0) is 20.8 Å². The number of likely N-dealkylation sites (N-methyl/N-ethyl adjacent to an activating group) is 1. The lowest BCUT2D eigenvalue weighted by Crippen LogP contribution is -2.65. The van der Waals surface area contributed by atoms with E-state index in [0.717, 1.165) is 16.5 Å². The number of para-hydroxylation sites is 1. The lowest BCUT2D eigenvalue weighted by atomic mass is 9.99. The van der Waals surface area contributed by atoms with Gasteiger partial charge in [0.05, 0.1) is 12.6 Å². The molecule has 2 saturated heterocycles. The van der Waals surface area contributed by atoms with Gasteiger partial charge in [-0.2, -0.15) is 0 Å². The summed E-state index contributed by atoms with van der Waals surface area (Å²) in [6, 6.07) is 6.35. The minimum Gasteiger partial charge on any atom is -0.361 e. The average Bonchev–Trinajstić information content (AvgIpc) is 3.24. The Hall–Kier alpha value is -2.87. The van der Waals surface area contributed by atoms with Crippen LogP contribution in [0, 0.1) is 0 Å². The molecule has 3 unspecified atom stereocenters. The van der Waals surface area contributed by atoms with Crippen LogP contribution >= 0.6 is 0 Å². The van der Waals surface area contributed by atoms with E-state index >= 15 is 0 Å². The van der Waals surface area contributed by atoms with Gasteiger partial charge >= 0.3 is 0 Å². The van der Waals surface area contributed by atoms with Gasteiger partial charge in [0.25, 0.3) is 0 Å². The van der Waals surface area contributed by atoms with E-state index in [2.05, 4.69) is 15.6 Å². The number of rotatable bonds is 5. The van der Waals surface area contributed by atoms with Crippen molar-refractivity contribution in [2.75, 3.05) is 27.2 Å². The summed E-state index contributed by atoms with van der Waals surface area (Å²) in [5, 5.41) is 6.84. The molecule has 2 aliphatic heterocycles. The molecule has 28 heavy (non-hydrogen) atoms. The van der Waals surface area contributed by atoms with Gasteiger partial charge in [-0.15, -0.1) is 0 Å². The molecular weight excluding hydrogens is 358 g/mol. The van der Waals surface area contributed by atoms with Crippen molar-refractivity contribution >= 4 is 28.6 Å². The average molecular weight is 383 g/mol. The van der Waals surface area contributed by atoms with Gasteiger partial charge in [-0.1, -0.05) is 18.2 Å². The van der Waals surface area contributed by atoms with Crippen molar-refractivity contribution in [3.8, 4) is 0 Å². The van der Waals surface area contributed by atoms with Gasteiger partial charge in [0, 0.05) is 30.1 Å². The van der Waals surface area contributed by atoms with Crippen molar-refractivity contribution in [2.45, 2.75) is 31.0 Å². The van der Waals surface area contributed by atoms with Crippen molar-refractivity contribution in [3.63, 3.8) is 0 Å². The summed E-state index contributed by atoms with van der Waals surface area (Å²) in [6.45, 7) is 0.732. The number of nitrogens with zero attached hydrogens (tertiary/aromatic N) is 2. The minimum absolute atomic E-state index is 0.0840. The van der Waals surface area contributed by atoms with Crippen molar-refractivity contribution in [3.05, 3.63) is 36.0 Å². The molecule has 2 aromatic rings. The van der Waals surface area contributed by atoms with E-state index in [-0.39, 0.29) is 30.3 Å². The topological polar surface area (TPSA) is 97.5 Å². The summed E-state index contributed by atoms with van der Waals surface area (Å²) in [7, 11) is 3.62. The molecule has 4 rings (SSSR count). The number of amides is 3. The third-order valence-electron chi connectivity index (χ3n) is 5.47. The highest BCUT2D eigenvalue weighted by Crippen LogP contribution is 2.26. The van der Waals surface area contributed by atoms with E-state index in [9.17, 15) is 14.4 Å². The quantitative estimate of drug-likeness (QED) is 0.669. The normalized spacial score (nSPS) is 24.5. The van der Waals surface area contributed by atoms with E-state index in [1.807, 2.05) is 44.6 Å². The van der Waals surface area contributed by atoms with Crippen LogP contribution < -0.4 is 10.6 Å². The van der Waals surface area contributed by atoms with Crippen LogP contribution in [0.25, 0.3) is 10.9 Å². The fraction of sp³-hybridized carbons (Fsp3) is 0.450. The summed E-state index contributed by atoms with van der Waals surface area (Å²) < 4.78 is 0. The second kappa shape index (κ2) is 7.27. The number of nitrogens with one attached hydrogen (secondary N) is 3. The van der Waals surface area contributed by atoms with Crippen LogP contribution in [0.4, 0.5) is 0 Å². The Bertz CT molecular complexity index is 921. The van der Waals surface area contributed by atoms with Gasteiger partial charge < -0.3 is 25.4 Å². The molecule has 1 aromatic heterocycles. The number of hydrogen-bond acceptors (Lipinski definition) is 4. The fourth-order valence-corrected chi connectivity index (χ4v) is 4.23. The van der Waals surface area contributed by atoms with Crippen molar-refractivity contribution in [2.24, 2.45) is 0 Å². The molecular formula is C20H25N5O3. The van der Waals surface area contributed by atoms with Gasteiger partial charge in [-0.05, 0) is 32.1 Å². The maximum absolute atomic E-state index is 13.0. The second-order valence-corrected chi connectivity index (χ2v) is 7.80. The summed E-state index contributed by atoms with van der Waals surface area (Å²) in [4.78, 5) is 44.4. The summed E-state index contributed by atoms with van der Waals surface area (Å²) >= 11 is 0. The van der Waals surface area contributed by atoms with E-state index < -0.39 is 12.1 Å². The first kappa shape index (κ1) is 18.5. The Labute approximate surface area is 163 Å². The number of carbonyl (C=O) groups excluding carboxylic acids is 3. The Morgan fingerprint density at radius 1 is 1.29 bits per heavy atom. The number of hydrogen-bond donors (Lipinski definition) is 3. The summed E-state index contributed by atoms with van der Waals surface area (Å²) in [6.07, 6.45) is 2.92. The highest BCUT2D eigenvalue weighted by Gasteiger charge is 2.48. The van der Waals surface area contributed by atoms with E-state index in [4.69, 9.17) is 0 Å². The monoisotopic (exact) mass is 383 g/mol. The summed E-state index contributed by atoms with van der Waals surface area (Å²) in [5.74, 6) is -0.422. The van der Waals surface area contributed by atoms with Gasteiger partial charge in [0.2, 0.25) is 17.7 Å². The maximum atomic E-state index is 13.0. The van der Waals surface area contributed by atoms with Crippen molar-refractivity contribution < 1.29 is 14.4 Å². The van der Waals surface area contributed by atoms with E-state index in [0.29, 0.717) is 19.4 Å². The lowest BCUT2D eigenvalue weighted by molar-refractivity contribution is -0.147. The molecule has 1 aromatic carbocycles. The van der Waals surface area contributed by atoms with Crippen molar-refractivity contribution in [1.82, 2.24) is 25.4 Å². The largest absolute Gasteiger partial charge is 0.361 e. The van der Waals surface area contributed by atoms with E-state index in [1.54, 1.807) is 9.80 Å². The molecule has 0 saturated carbocycles. The molecule has 148 valence electrons. The second-order valence-electron chi connectivity index (χ2n) is 7.80. The van der Waals surface area contributed by atoms with Gasteiger partial charge in [-0.3, -0.25) is 14.4 Å². The highest BCUT2D eigenvalue weighted by molar-refractivity contribution is 5.99. The Morgan fingerprint density at radius 2 is 2.07 bits per heavy atom. The van der Waals surface area contributed by atoms with E-state index in [1.165, 1.54) is 0 Å². The molecule has 3 amide bonds. The number of aromatic amines is 1. The molecule has 3 atom stereocenters. The molecule has 3 N–H and O–H groups in total. The Morgan fingerprint density at radius 3 is 2.86 bits per heavy atom. The van der Waals surface area contributed by atoms with Crippen LogP contribution in [-0.4, -0.2) is 77.8 Å². The molecule has 0 aliphatic carbocycles. The predicted molar refractivity (Wildman–Crippen MR) is 105 cm³/mol. The predicted octanol–water partition coefficient (Wildman–Crippen LogP) is -0.144. The van der Waals surface area contributed by atoms with Gasteiger partial charge in [0.15, 0.2) is 0 Å². The number of benzene rings is 1. The van der Waals surface area contributed by atoms with Crippen LogP contribution in [0.15, 0.2) is 30.5 Å². The minimum atomic E-state index is -0.627. The zero-order valence-electron chi connectivity index (χ0n) is 16.1. The van der Waals surface area contributed by atoms with Crippen LogP contribution in [0.3, 0.4) is 0 Å². The third kappa shape index (κ3) is 3.35. The van der Waals surface area contributed by atoms with Crippen LogP contribution in [0.2, 0.25) is 0 Å². The molecule has 2 aliphatic rings. The number of piperazine rings is 1. The molecule has 8 nitrogen and oxygen atoms in total. The number of fused-ring (bicyclic) bond motifs is 2. The molecule has 3 heterocycles. The first-order chi connectivity index (χ1) is 13.4. The Kier molecular flexibility index (Phi) is 4.80. The van der Waals surface area contributed by atoms with Crippen LogP contribution in [0.1, 0.15) is 12.0 Å². The smallest absolute Gasteiger partial charge is 0.246 e. The standard InChI is InChI=1S/C20H25N5O3/c1-24(2)11-17(26)22-15-7-8-25-18(15)19(27)23-16(20(25)28)9-12-10-21-14-6-4-3-5-13(12)14/h3-6,10,15-16,18,21H,7-9,11H2,1-2H3,(H,22,26)(H,23,27). The molecule has 8 heteroatoms. The number of aromatic nitrogens is 1. The molecule has 0 radical (unpaired) electrons. The zero-order valence-corrected chi connectivity index (χ0v) is 16.1. The summed E-state index contributed by atoms with van der Waals surface area (Å²) in [5.41, 5.74) is 2.01. The first-order valence-electron chi connectivity index (χ1n) is 9.54. The molecule has 2 fully saturated rings. The van der Waals surface area contributed by atoms with Gasteiger partial charge in [0.1, 0.15) is 12.1 Å². The lowest BCUT2D eigenvalue weighted by Gasteiger charge is -2.36. The van der Waals surface area contributed by atoms with Crippen molar-refractivity contribution in [1.29, 1.82) is 0 Å². The molecule has 0 bridgehead atoms. The molecule has 0 spiro atoms. The first-order valence-corrected chi connectivity index (χ1v) is 9.54. The number of carbonyl (C=O) groups is 3. The maximum Gasteiger partial charge on any atom is 0.246 e. The zero-order chi connectivity index (χ0) is 19.8. The van der Waals surface area contributed by atoms with Gasteiger partial charge in [-0.25, -0.2) is 0 Å². The number of H-pyrrole nitrogens is 1.